The maximum atomic E-state index is 5.00. The molecule has 0 aliphatic carbocycles. The Labute approximate surface area is 470 Å². The van der Waals surface area contributed by atoms with Crippen LogP contribution in [0.15, 0.2) is 292 Å². The van der Waals surface area contributed by atoms with Crippen LogP contribution in [0.2, 0.25) is 0 Å². The lowest BCUT2D eigenvalue weighted by Crippen LogP contribution is -1.97. The molecule has 0 fully saturated rings. The van der Waals surface area contributed by atoms with Crippen LogP contribution >= 0.6 is 0 Å². The number of rotatable bonds is 6. The van der Waals surface area contributed by atoms with Gasteiger partial charge in [0, 0.05) is 65.8 Å². The predicted molar refractivity (Wildman–Crippen MR) is 339 cm³/mol. The van der Waals surface area contributed by atoms with E-state index >= 15 is 0 Å². The quantitative estimate of drug-likeness (QED) is 0.167. The van der Waals surface area contributed by atoms with Crippen molar-refractivity contribution >= 4 is 109 Å². The Kier molecular flexibility index (Phi) is 10.1. The second-order valence-electron chi connectivity index (χ2n) is 21.0. The molecule has 0 N–H and O–H groups in total. The third kappa shape index (κ3) is 6.72. The number of hydrogen-bond acceptors (Lipinski definition) is 2. The lowest BCUT2D eigenvalue weighted by molar-refractivity contribution is 1.09. The molecule has 0 saturated heterocycles. The first kappa shape index (κ1) is 45.8. The van der Waals surface area contributed by atoms with Gasteiger partial charge in [-0.1, -0.05) is 170 Å². The van der Waals surface area contributed by atoms with Crippen molar-refractivity contribution in [2.45, 2.75) is 0 Å². The summed E-state index contributed by atoms with van der Waals surface area (Å²) >= 11 is 0. The van der Waals surface area contributed by atoms with E-state index in [1.165, 1.54) is 87.2 Å². The summed E-state index contributed by atoms with van der Waals surface area (Å²) in [7, 11) is 0. The standard InChI is InChI=1S/2C37H24N4/c1-3-12-25(13-4-1)39-24-38-36-33(39)20-11-21-34(36)41-30-18-9-7-16-27(30)28-22-23-32-35(37(28)41)29-17-8-10-19-31(29)40(32)26-14-5-2-6-15-26;1-3-12-25(13-4-1)39-24-38-36-33(39)20-11-21-34(36)41-31-19-10-8-17-29(31)35-32(41)23-22-28-27-16-7-9-18-30(27)40(37(28)35)26-14-5-2-6-15-26/h2*1-24H. The van der Waals surface area contributed by atoms with Gasteiger partial charge in [-0.15, -0.1) is 0 Å². The molecule has 0 atom stereocenters. The van der Waals surface area contributed by atoms with Gasteiger partial charge in [-0.25, -0.2) is 9.97 Å². The molecule has 384 valence electrons. The highest BCUT2D eigenvalue weighted by Gasteiger charge is 2.25. The number of aromatic nitrogens is 8. The molecular weight excluding hydrogens is 1000 g/mol. The van der Waals surface area contributed by atoms with E-state index < -0.39 is 0 Å². The van der Waals surface area contributed by atoms with Gasteiger partial charge in [0.15, 0.2) is 0 Å². The van der Waals surface area contributed by atoms with E-state index in [4.69, 9.17) is 9.97 Å². The second-order valence-corrected chi connectivity index (χ2v) is 21.0. The molecule has 0 radical (unpaired) electrons. The summed E-state index contributed by atoms with van der Waals surface area (Å²) in [5.41, 5.74) is 20.3. The molecule has 82 heavy (non-hydrogen) atoms. The van der Waals surface area contributed by atoms with Crippen molar-refractivity contribution in [2.24, 2.45) is 0 Å². The number of hydrogen-bond donors (Lipinski definition) is 0. The third-order valence-corrected chi connectivity index (χ3v) is 16.6. The fraction of sp³-hybridized carbons (Fsp3) is 0. The predicted octanol–water partition coefficient (Wildman–Crippen LogP) is 18.4. The maximum absolute atomic E-state index is 5.00. The molecule has 0 spiro atoms. The van der Waals surface area contributed by atoms with Crippen LogP contribution in [0.1, 0.15) is 0 Å². The van der Waals surface area contributed by atoms with Crippen molar-refractivity contribution in [1.82, 2.24) is 37.4 Å². The molecule has 0 saturated carbocycles. The molecular formula is C74H48N8. The molecule has 18 aromatic rings. The fourth-order valence-electron chi connectivity index (χ4n) is 13.2. The van der Waals surface area contributed by atoms with Crippen molar-refractivity contribution in [2.75, 3.05) is 0 Å². The Hall–Kier alpha value is -11.2. The van der Waals surface area contributed by atoms with Gasteiger partial charge in [0.1, 0.15) is 23.7 Å². The molecule has 8 heteroatoms. The first-order chi connectivity index (χ1) is 40.8. The Bertz CT molecular complexity index is 5500. The summed E-state index contributed by atoms with van der Waals surface area (Å²) in [4.78, 5) is 9.96. The van der Waals surface area contributed by atoms with E-state index in [0.29, 0.717) is 0 Å². The molecule has 8 nitrogen and oxygen atoms in total. The highest BCUT2D eigenvalue weighted by Crippen LogP contribution is 2.45. The fourth-order valence-corrected chi connectivity index (χ4v) is 13.2. The number of fused-ring (bicyclic) bond motifs is 16. The molecule has 6 heterocycles. The summed E-state index contributed by atoms with van der Waals surface area (Å²) < 4.78 is 14.0. The SMILES string of the molecule is c1ccc(-n2cnc3c(-n4c5ccccc5c5c4ccc4c6ccccc6n(-c6ccccc6)c45)cccc32)cc1.c1ccc(-n2cnc3c(-n4c5ccccc5c5ccc6c(c7ccccc7n6-c6ccccc6)c54)cccc32)cc1. The average Bonchev–Trinajstić information content (AvgIpc) is 2.11. The normalized spacial score (nSPS) is 11.9. The van der Waals surface area contributed by atoms with Gasteiger partial charge in [0.05, 0.1) is 66.5 Å². The van der Waals surface area contributed by atoms with Gasteiger partial charge >= 0.3 is 0 Å². The highest BCUT2D eigenvalue weighted by molar-refractivity contribution is 6.28. The van der Waals surface area contributed by atoms with Crippen molar-refractivity contribution in [3.05, 3.63) is 292 Å². The first-order valence-electron chi connectivity index (χ1n) is 27.8. The summed E-state index contributed by atoms with van der Waals surface area (Å²) in [6.07, 6.45) is 3.87. The summed E-state index contributed by atoms with van der Waals surface area (Å²) in [6, 6.07) is 99.3. The largest absolute Gasteiger partial charge is 0.309 e. The van der Waals surface area contributed by atoms with Crippen LogP contribution in [0.5, 0.6) is 0 Å². The van der Waals surface area contributed by atoms with E-state index in [9.17, 15) is 0 Å². The summed E-state index contributed by atoms with van der Waals surface area (Å²) in [5.74, 6) is 0. The molecule has 0 amide bonds. The highest BCUT2D eigenvalue weighted by atomic mass is 15.1. The topological polar surface area (TPSA) is 55.4 Å². The molecule has 18 rings (SSSR count). The Balaban J connectivity index is 0.000000130. The van der Waals surface area contributed by atoms with Crippen LogP contribution in [0.25, 0.3) is 143 Å². The van der Waals surface area contributed by atoms with E-state index in [2.05, 4.69) is 294 Å². The van der Waals surface area contributed by atoms with Crippen LogP contribution in [0.4, 0.5) is 0 Å². The van der Waals surface area contributed by atoms with Crippen molar-refractivity contribution in [1.29, 1.82) is 0 Å². The van der Waals surface area contributed by atoms with Gasteiger partial charge in [-0.05, 0) is 109 Å². The maximum Gasteiger partial charge on any atom is 0.113 e. The third-order valence-electron chi connectivity index (χ3n) is 16.6. The molecule has 0 bridgehead atoms. The lowest BCUT2D eigenvalue weighted by atomic mass is 10.1. The van der Waals surface area contributed by atoms with Crippen molar-refractivity contribution in [3.63, 3.8) is 0 Å². The van der Waals surface area contributed by atoms with Gasteiger partial charge in [-0.3, -0.25) is 9.13 Å². The van der Waals surface area contributed by atoms with Gasteiger partial charge in [-0.2, -0.15) is 0 Å². The van der Waals surface area contributed by atoms with E-state index in [1.54, 1.807) is 0 Å². The van der Waals surface area contributed by atoms with Crippen LogP contribution in [0, 0.1) is 0 Å². The number of benzene rings is 12. The minimum atomic E-state index is 0.975. The molecule has 0 aliphatic rings. The van der Waals surface area contributed by atoms with Crippen molar-refractivity contribution in [3.8, 4) is 34.1 Å². The van der Waals surface area contributed by atoms with Crippen molar-refractivity contribution < 1.29 is 0 Å². The molecule has 0 aliphatic heterocycles. The monoisotopic (exact) mass is 1050 g/mol. The number of para-hydroxylation sites is 10. The lowest BCUT2D eigenvalue weighted by Gasteiger charge is -2.11. The summed E-state index contributed by atoms with van der Waals surface area (Å²) in [5, 5.41) is 9.95. The van der Waals surface area contributed by atoms with Crippen LogP contribution in [0.3, 0.4) is 0 Å². The van der Waals surface area contributed by atoms with Crippen LogP contribution in [-0.4, -0.2) is 37.4 Å². The second kappa shape index (κ2) is 18.2. The summed E-state index contributed by atoms with van der Waals surface area (Å²) in [6.45, 7) is 0. The first-order valence-corrected chi connectivity index (χ1v) is 27.8. The Morgan fingerprint density at radius 2 is 0.549 bits per heavy atom. The van der Waals surface area contributed by atoms with Gasteiger partial charge in [0.25, 0.3) is 0 Å². The Morgan fingerprint density at radius 1 is 0.207 bits per heavy atom. The molecule has 0 unspecified atom stereocenters. The molecule has 6 aromatic heterocycles. The van der Waals surface area contributed by atoms with Crippen LogP contribution in [-0.2, 0) is 0 Å². The van der Waals surface area contributed by atoms with Gasteiger partial charge < -0.3 is 18.3 Å². The van der Waals surface area contributed by atoms with E-state index in [0.717, 1.165) is 56.2 Å². The smallest absolute Gasteiger partial charge is 0.113 e. The van der Waals surface area contributed by atoms with E-state index in [-0.39, 0.29) is 0 Å². The average molecular weight is 1050 g/mol. The van der Waals surface area contributed by atoms with Gasteiger partial charge in [0.2, 0.25) is 0 Å². The van der Waals surface area contributed by atoms with E-state index in [1.807, 2.05) is 24.8 Å². The molecule has 12 aromatic carbocycles. The Morgan fingerprint density at radius 3 is 1.04 bits per heavy atom. The minimum Gasteiger partial charge on any atom is -0.309 e. The zero-order chi connectivity index (χ0) is 53.8. The number of nitrogens with zero attached hydrogens (tertiary/aromatic N) is 8. The zero-order valence-corrected chi connectivity index (χ0v) is 44.3. The minimum absolute atomic E-state index is 0.975. The van der Waals surface area contributed by atoms with Crippen LogP contribution < -0.4 is 0 Å². The zero-order valence-electron chi connectivity index (χ0n) is 44.3. The number of imidazole rings is 2.